The van der Waals surface area contributed by atoms with Crippen LogP contribution in [0.25, 0.3) is 0 Å². The van der Waals surface area contributed by atoms with Crippen LogP contribution in [0.15, 0.2) is 12.5 Å². The van der Waals surface area contributed by atoms with Crippen LogP contribution < -0.4 is 0 Å². The number of aromatic amines is 1. The van der Waals surface area contributed by atoms with Crippen LogP contribution in [-0.4, -0.2) is 70.1 Å². The first-order chi connectivity index (χ1) is 13.7. The highest BCUT2D eigenvalue weighted by Gasteiger charge is 2.45. The molecule has 3 heterocycles. The van der Waals surface area contributed by atoms with Crippen molar-refractivity contribution in [1.82, 2.24) is 19.8 Å². The molecular weight excluding hydrogens is 352 g/mol. The summed E-state index contributed by atoms with van der Waals surface area (Å²) in [5.41, 5.74) is 1.09. The zero-order valence-electron chi connectivity index (χ0n) is 17.1. The number of aromatic nitrogens is 2. The summed E-state index contributed by atoms with van der Waals surface area (Å²) in [7, 11) is 0. The highest BCUT2D eigenvalue weighted by atomic mass is 16.3. The number of imidazole rings is 1. The predicted octanol–water partition coefficient (Wildman–Crippen LogP) is 2.46. The number of piperidine rings is 2. The van der Waals surface area contributed by atoms with Gasteiger partial charge >= 0.3 is 0 Å². The van der Waals surface area contributed by atoms with Crippen molar-refractivity contribution in [2.24, 2.45) is 17.3 Å². The normalized spacial score (nSPS) is 26.6. The Balaban J connectivity index is 1.30. The molecule has 6 nitrogen and oxygen atoms in total. The van der Waals surface area contributed by atoms with Gasteiger partial charge < -0.3 is 19.9 Å². The van der Waals surface area contributed by atoms with Gasteiger partial charge in [0.25, 0.3) is 0 Å². The molecule has 1 amide bonds. The molecule has 4 rings (SSSR count). The van der Waals surface area contributed by atoms with Gasteiger partial charge in [-0.25, -0.2) is 4.98 Å². The van der Waals surface area contributed by atoms with E-state index in [2.05, 4.69) is 14.9 Å². The van der Waals surface area contributed by atoms with Crippen LogP contribution in [0.2, 0.25) is 0 Å². The maximum atomic E-state index is 12.7. The monoisotopic (exact) mass is 388 g/mol. The van der Waals surface area contributed by atoms with Crippen molar-refractivity contribution < 1.29 is 9.90 Å². The molecular formula is C22H36N4O2. The number of rotatable bonds is 5. The van der Waals surface area contributed by atoms with E-state index >= 15 is 0 Å². The minimum atomic E-state index is 0.146. The number of hydrogen-bond donors (Lipinski definition) is 2. The summed E-state index contributed by atoms with van der Waals surface area (Å²) in [5.74, 6) is 1.26. The van der Waals surface area contributed by atoms with Crippen LogP contribution in [0.4, 0.5) is 0 Å². The Bertz CT molecular complexity index is 618. The fraction of sp³-hybridized carbons (Fsp3) is 0.818. The van der Waals surface area contributed by atoms with Gasteiger partial charge in [-0.05, 0) is 56.5 Å². The number of likely N-dealkylation sites (tertiary alicyclic amines) is 2. The second-order valence-electron chi connectivity index (χ2n) is 9.39. The van der Waals surface area contributed by atoms with Crippen molar-refractivity contribution in [3.05, 3.63) is 18.2 Å². The molecule has 28 heavy (non-hydrogen) atoms. The molecule has 0 aromatic carbocycles. The third-order valence-electron chi connectivity index (χ3n) is 7.75. The Labute approximate surface area is 168 Å². The highest BCUT2D eigenvalue weighted by molar-refractivity contribution is 5.78. The average Bonchev–Trinajstić information content (AvgIpc) is 3.24. The molecule has 1 saturated carbocycles. The van der Waals surface area contributed by atoms with Crippen LogP contribution in [0.1, 0.15) is 57.1 Å². The van der Waals surface area contributed by atoms with Gasteiger partial charge in [-0.3, -0.25) is 4.79 Å². The number of H-pyrrole nitrogens is 1. The number of aliphatic hydroxyl groups is 1. The zero-order valence-corrected chi connectivity index (χ0v) is 17.1. The number of nitrogens with zero attached hydrogens (tertiary/aromatic N) is 3. The lowest BCUT2D eigenvalue weighted by Gasteiger charge is -2.51. The number of amides is 1. The molecule has 0 unspecified atom stereocenters. The predicted molar refractivity (Wildman–Crippen MR) is 109 cm³/mol. The summed E-state index contributed by atoms with van der Waals surface area (Å²) in [5, 5.41) is 10.1. The SMILES string of the molecule is O=C(Cc1cnc[nH]1)N1CCC2(CCN(CC3CCCCC3)CC2)[C@H](CO)C1. The average molecular weight is 389 g/mol. The molecule has 3 aliphatic rings. The minimum absolute atomic E-state index is 0.146. The van der Waals surface area contributed by atoms with E-state index in [9.17, 15) is 9.90 Å². The number of hydrogen-bond acceptors (Lipinski definition) is 4. The van der Waals surface area contributed by atoms with E-state index in [1.165, 1.54) is 51.5 Å². The Morgan fingerprint density at radius 2 is 1.93 bits per heavy atom. The van der Waals surface area contributed by atoms with Crippen LogP contribution in [0.5, 0.6) is 0 Å². The van der Waals surface area contributed by atoms with Crippen molar-refractivity contribution in [1.29, 1.82) is 0 Å². The lowest BCUT2D eigenvalue weighted by Crippen LogP contribution is -2.55. The first-order valence-corrected chi connectivity index (χ1v) is 11.3. The van der Waals surface area contributed by atoms with E-state index in [0.717, 1.165) is 37.7 Å². The van der Waals surface area contributed by atoms with E-state index in [0.29, 0.717) is 13.0 Å². The molecule has 6 heteroatoms. The van der Waals surface area contributed by atoms with E-state index in [1.807, 2.05) is 4.90 Å². The van der Waals surface area contributed by atoms with Crippen molar-refractivity contribution in [2.45, 2.75) is 57.8 Å². The Morgan fingerprint density at radius 3 is 2.61 bits per heavy atom. The van der Waals surface area contributed by atoms with Gasteiger partial charge in [-0.15, -0.1) is 0 Å². The summed E-state index contributed by atoms with van der Waals surface area (Å²) in [6.07, 6.45) is 14.2. The molecule has 2 saturated heterocycles. The van der Waals surface area contributed by atoms with E-state index in [4.69, 9.17) is 0 Å². The van der Waals surface area contributed by atoms with Crippen molar-refractivity contribution >= 4 is 5.91 Å². The van der Waals surface area contributed by atoms with E-state index < -0.39 is 0 Å². The first-order valence-electron chi connectivity index (χ1n) is 11.3. The Hall–Kier alpha value is -1.40. The van der Waals surface area contributed by atoms with Crippen LogP contribution in [0, 0.1) is 17.3 Å². The number of aliphatic hydroxyl groups excluding tert-OH is 1. The quantitative estimate of drug-likeness (QED) is 0.813. The number of carbonyl (C=O) groups is 1. The Kier molecular flexibility index (Phi) is 6.36. The largest absolute Gasteiger partial charge is 0.396 e. The fourth-order valence-corrected chi connectivity index (χ4v) is 5.82. The van der Waals surface area contributed by atoms with Crippen molar-refractivity contribution in [2.75, 3.05) is 39.3 Å². The third-order valence-corrected chi connectivity index (χ3v) is 7.75. The summed E-state index contributed by atoms with van der Waals surface area (Å²) in [6.45, 7) is 5.31. The third kappa shape index (κ3) is 4.43. The van der Waals surface area contributed by atoms with Gasteiger partial charge in [-0.2, -0.15) is 0 Å². The van der Waals surface area contributed by atoms with Gasteiger partial charge in [0.2, 0.25) is 5.91 Å². The van der Waals surface area contributed by atoms with Crippen molar-refractivity contribution in [3.8, 4) is 0 Å². The Morgan fingerprint density at radius 1 is 1.18 bits per heavy atom. The maximum Gasteiger partial charge on any atom is 0.228 e. The molecule has 1 aromatic heterocycles. The standard InChI is InChI=1S/C22H36N4O2/c27-16-19-15-26(21(28)12-20-13-23-17-24-20)11-8-22(19)6-9-25(10-7-22)14-18-4-2-1-3-5-18/h13,17-19,27H,1-12,14-16H2,(H,23,24)/t19-/m0/s1. The number of nitrogens with one attached hydrogen (secondary N) is 1. The second kappa shape index (κ2) is 8.95. The molecule has 3 fully saturated rings. The lowest BCUT2D eigenvalue weighted by atomic mass is 9.64. The van der Waals surface area contributed by atoms with E-state index in [1.54, 1.807) is 12.5 Å². The number of carbonyl (C=O) groups excluding carboxylic acids is 1. The fourth-order valence-electron chi connectivity index (χ4n) is 5.82. The summed E-state index contributed by atoms with van der Waals surface area (Å²) < 4.78 is 0. The van der Waals surface area contributed by atoms with Crippen molar-refractivity contribution in [3.63, 3.8) is 0 Å². The smallest absolute Gasteiger partial charge is 0.228 e. The minimum Gasteiger partial charge on any atom is -0.396 e. The summed E-state index contributed by atoms with van der Waals surface area (Å²) in [4.78, 5) is 24.3. The second-order valence-corrected chi connectivity index (χ2v) is 9.39. The van der Waals surface area contributed by atoms with Gasteiger partial charge in [0.05, 0.1) is 12.7 Å². The molecule has 2 N–H and O–H groups in total. The van der Waals surface area contributed by atoms with Crippen LogP contribution in [-0.2, 0) is 11.2 Å². The molecule has 2 aliphatic heterocycles. The highest BCUT2D eigenvalue weighted by Crippen LogP contribution is 2.45. The van der Waals surface area contributed by atoms with E-state index in [-0.39, 0.29) is 23.8 Å². The molecule has 1 aliphatic carbocycles. The zero-order chi connectivity index (χ0) is 19.4. The molecule has 1 aromatic rings. The summed E-state index contributed by atoms with van der Waals surface area (Å²) >= 11 is 0. The van der Waals surface area contributed by atoms with Gasteiger partial charge in [0.15, 0.2) is 0 Å². The first kappa shape index (κ1) is 19.9. The topological polar surface area (TPSA) is 72.5 Å². The van der Waals surface area contributed by atoms with Crippen LogP contribution >= 0.6 is 0 Å². The molecule has 1 atom stereocenters. The van der Waals surface area contributed by atoms with Gasteiger partial charge in [0, 0.05) is 44.0 Å². The lowest BCUT2D eigenvalue weighted by molar-refractivity contribution is -0.137. The maximum absolute atomic E-state index is 12.7. The van der Waals surface area contributed by atoms with Crippen LogP contribution in [0.3, 0.4) is 0 Å². The molecule has 1 spiro atoms. The summed E-state index contributed by atoms with van der Waals surface area (Å²) in [6, 6.07) is 0. The van der Waals surface area contributed by atoms with Gasteiger partial charge in [0.1, 0.15) is 0 Å². The molecule has 0 bridgehead atoms. The molecule has 156 valence electrons. The molecule has 0 radical (unpaired) electrons. The van der Waals surface area contributed by atoms with Gasteiger partial charge in [-0.1, -0.05) is 19.3 Å².